The molecule has 4 heteroatoms. The maximum Gasteiger partial charge on any atom is 0.0832 e. The molecule has 1 aromatic rings. The average molecular weight is 306 g/mol. The minimum Gasteiger partial charge on any atom is -0.303 e. The van der Waals surface area contributed by atoms with Crippen molar-refractivity contribution in [1.29, 1.82) is 0 Å². The van der Waals surface area contributed by atoms with Gasteiger partial charge in [-0.3, -0.25) is 4.68 Å². The molecule has 2 rings (SSSR count). The van der Waals surface area contributed by atoms with Crippen LogP contribution in [0.25, 0.3) is 0 Å². The molecular weight excluding hydrogens is 272 g/mol. The molecule has 0 spiro atoms. The molecule has 0 radical (unpaired) electrons. The summed E-state index contributed by atoms with van der Waals surface area (Å²) in [5.74, 6) is 0. The molecule has 1 saturated heterocycles. The van der Waals surface area contributed by atoms with Crippen LogP contribution < -0.4 is 0 Å². The number of piperidine rings is 1. The highest BCUT2D eigenvalue weighted by molar-refractivity contribution is 4.95. The van der Waals surface area contributed by atoms with Crippen molar-refractivity contribution in [3.63, 3.8) is 0 Å². The van der Waals surface area contributed by atoms with Crippen LogP contribution in [0, 0.1) is 5.41 Å². The first-order chi connectivity index (χ1) is 10.5. The molecule has 1 aromatic heterocycles. The number of rotatable bonds is 8. The van der Waals surface area contributed by atoms with Crippen LogP contribution >= 0.6 is 0 Å². The molecule has 0 saturated carbocycles. The summed E-state index contributed by atoms with van der Waals surface area (Å²) in [6, 6.07) is 0. The van der Waals surface area contributed by atoms with Gasteiger partial charge in [-0.2, -0.15) is 0 Å². The number of aromatic nitrogens is 3. The zero-order valence-corrected chi connectivity index (χ0v) is 14.9. The van der Waals surface area contributed by atoms with E-state index in [4.69, 9.17) is 0 Å². The highest BCUT2D eigenvalue weighted by Gasteiger charge is 2.13. The summed E-state index contributed by atoms with van der Waals surface area (Å²) >= 11 is 0. The largest absolute Gasteiger partial charge is 0.303 e. The molecule has 22 heavy (non-hydrogen) atoms. The standard InChI is InChI=1S/C18H34N4/c1-18(2,3)15-17-16-22(20-19-17)14-10-5-4-7-11-21-12-8-6-9-13-21/h16H,4-15H2,1-3H3. The number of likely N-dealkylation sites (tertiary alicyclic amines) is 1. The lowest BCUT2D eigenvalue weighted by molar-refractivity contribution is 0.224. The lowest BCUT2D eigenvalue weighted by atomic mass is 9.91. The summed E-state index contributed by atoms with van der Waals surface area (Å²) in [4.78, 5) is 2.64. The van der Waals surface area contributed by atoms with E-state index in [0.29, 0.717) is 0 Å². The third-order valence-electron chi connectivity index (χ3n) is 4.36. The van der Waals surface area contributed by atoms with Gasteiger partial charge < -0.3 is 4.90 Å². The van der Waals surface area contributed by atoms with E-state index in [9.17, 15) is 0 Å². The third kappa shape index (κ3) is 6.91. The molecule has 1 aliphatic rings. The first-order valence-electron chi connectivity index (χ1n) is 9.14. The quantitative estimate of drug-likeness (QED) is 0.683. The maximum atomic E-state index is 4.28. The fourth-order valence-electron chi connectivity index (χ4n) is 3.22. The highest BCUT2D eigenvalue weighted by Crippen LogP contribution is 2.18. The smallest absolute Gasteiger partial charge is 0.0832 e. The third-order valence-corrected chi connectivity index (χ3v) is 4.36. The lowest BCUT2D eigenvalue weighted by Gasteiger charge is -2.26. The van der Waals surface area contributed by atoms with Gasteiger partial charge in [-0.15, -0.1) is 5.10 Å². The van der Waals surface area contributed by atoms with Gasteiger partial charge in [0.15, 0.2) is 0 Å². The zero-order valence-electron chi connectivity index (χ0n) is 14.9. The Morgan fingerprint density at radius 2 is 1.64 bits per heavy atom. The summed E-state index contributed by atoms with van der Waals surface area (Å²) in [5.41, 5.74) is 1.41. The van der Waals surface area contributed by atoms with E-state index in [-0.39, 0.29) is 5.41 Å². The number of nitrogens with zero attached hydrogens (tertiary/aromatic N) is 4. The van der Waals surface area contributed by atoms with Crippen molar-refractivity contribution >= 4 is 0 Å². The van der Waals surface area contributed by atoms with Crippen molar-refractivity contribution in [3.8, 4) is 0 Å². The van der Waals surface area contributed by atoms with Crippen LogP contribution in [-0.4, -0.2) is 39.5 Å². The summed E-state index contributed by atoms with van der Waals surface area (Å²) < 4.78 is 2.02. The molecule has 0 aromatic carbocycles. The van der Waals surface area contributed by atoms with Crippen LogP contribution in [0.2, 0.25) is 0 Å². The molecule has 0 N–H and O–H groups in total. The van der Waals surface area contributed by atoms with Crippen LogP contribution in [0.15, 0.2) is 6.20 Å². The van der Waals surface area contributed by atoms with Crippen molar-refractivity contribution in [2.24, 2.45) is 5.41 Å². The first kappa shape index (κ1) is 17.5. The van der Waals surface area contributed by atoms with E-state index >= 15 is 0 Å². The Morgan fingerprint density at radius 1 is 0.955 bits per heavy atom. The van der Waals surface area contributed by atoms with E-state index in [1.54, 1.807) is 0 Å². The molecule has 126 valence electrons. The minimum absolute atomic E-state index is 0.287. The Morgan fingerprint density at radius 3 is 2.32 bits per heavy atom. The van der Waals surface area contributed by atoms with Gasteiger partial charge in [-0.1, -0.05) is 45.2 Å². The Kier molecular flexibility index (Phi) is 6.87. The Labute approximate surface area is 136 Å². The SMILES string of the molecule is CC(C)(C)Cc1cn(CCCCCCN2CCCCC2)nn1. The fraction of sp³-hybridized carbons (Fsp3) is 0.889. The fourth-order valence-corrected chi connectivity index (χ4v) is 3.22. The summed E-state index contributed by atoms with van der Waals surface area (Å²) in [7, 11) is 0. The monoisotopic (exact) mass is 306 g/mol. The zero-order chi connectivity index (χ0) is 15.8. The molecule has 4 nitrogen and oxygen atoms in total. The Bertz CT molecular complexity index is 413. The molecule has 2 heterocycles. The maximum absolute atomic E-state index is 4.28. The van der Waals surface area contributed by atoms with Crippen LogP contribution in [0.5, 0.6) is 0 Å². The summed E-state index contributed by atoms with van der Waals surface area (Å²) in [6.45, 7) is 11.7. The van der Waals surface area contributed by atoms with Gasteiger partial charge in [0.2, 0.25) is 0 Å². The summed E-state index contributed by atoms with van der Waals surface area (Å²) in [6.07, 6.45) is 12.6. The average Bonchev–Trinajstić information content (AvgIpc) is 2.89. The van der Waals surface area contributed by atoms with E-state index < -0.39 is 0 Å². The Balaban J connectivity index is 1.53. The van der Waals surface area contributed by atoms with Gasteiger partial charge >= 0.3 is 0 Å². The number of hydrogen-bond donors (Lipinski definition) is 0. The van der Waals surface area contributed by atoms with Crippen molar-refractivity contribution in [2.75, 3.05) is 19.6 Å². The van der Waals surface area contributed by atoms with Crippen LogP contribution in [0.4, 0.5) is 0 Å². The molecule has 0 unspecified atom stereocenters. The number of unbranched alkanes of at least 4 members (excludes halogenated alkanes) is 3. The topological polar surface area (TPSA) is 34.0 Å². The second kappa shape index (κ2) is 8.66. The van der Waals surface area contributed by atoms with Crippen molar-refractivity contribution in [1.82, 2.24) is 19.9 Å². The molecule has 0 bridgehead atoms. The van der Waals surface area contributed by atoms with E-state index in [1.807, 2.05) is 4.68 Å². The van der Waals surface area contributed by atoms with E-state index in [0.717, 1.165) is 18.7 Å². The predicted octanol–water partition coefficient (Wildman–Crippen LogP) is 3.91. The van der Waals surface area contributed by atoms with Gasteiger partial charge in [0.25, 0.3) is 0 Å². The minimum atomic E-state index is 0.287. The molecular formula is C18H34N4. The molecule has 0 aliphatic carbocycles. The van der Waals surface area contributed by atoms with Gasteiger partial charge in [0.05, 0.1) is 5.69 Å². The predicted molar refractivity (Wildman–Crippen MR) is 91.9 cm³/mol. The second-order valence-corrected chi connectivity index (χ2v) is 8.03. The van der Waals surface area contributed by atoms with E-state index in [2.05, 4.69) is 42.2 Å². The molecule has 0 atom stereocenters. The molecule has 1 aliphatic heterocycles. The molecule has 0 amide bonds. The summed E-state index contributed by atoms with van der Waals surface area (Å²) in [5, 5.41) is 8.53. The van der Waals surface area contributed by atoms with Crippen molar-refractivity contribution in [3.05, 3.63) is 11.9 Å². The lowest BCUT2D eigenvalue weighted by Crippen LogP contribution is -2.30. The Hall–Kier alpha value is -0.900. The van der Waals surface area contributed by atoms with Crippen LogP contribution in [-0.2, 0) is 13.0 Å². The first-order valence-corrected chi connectivity index (χ1v) is 9.14. The normalized spacial score (nSPS) is 17.0. The number of hydrogen-bond acceptors (Lipinski definition) is 3. The molecule has 1 fully saturated rings. The van der Waals surface area contributed by atoms with E-state index in [1.165, 1.54) is 64.6 Å². The van der Waals surface area contributed by atoms with Gasteiger partial charge in [-0.25, -0.2) is 0 Å². The van der Waals surface area contributed by atoms with Crippen LogP contribution in [0.1, 0.15) is 71.4 Å². The second-order valence-electron chi connectivity index (χ2n) is 8.03. The van der Waals surface area contributed by atoms with Crippen molar-refractivity contribution in [2.45, 2.75) is 78.7 Å². The van der Waals surface area contributed by atoms with Crippen LogP contribution in [0.3, 0.4) is 0 Å². The number of aryl methyl sites for hydroxylation is 1. The highest BCUT2D eigenvalue weighted by atomic mass is 15.4. The van der Waals surface area contributed by atoms with Gasteiger partial charge in [0, 0.05) is 12.7 Å². The van der Waals surface area contributed by atoms with Gasteiger partial charge in [-0.05, 0) is 57.2 Å². The van der Waals surface area contributed by atoms with Crippen molar-refractivity contribution < 1.29 is 0 Å². The van der Waals surface area contributed by atoms with Gasteiger partial charge in [0.1, 0.15) is 0 Å².